The van der Waals surface area contributed by atoms with Crippen LogP contribution in [0.4, 0.5) is 24.7 Å². The van der Waals surface area contributed by atoms with E-state index in [0.717, 1.165) is 19.4 Å². The lowest BCUT2D eigenvalue weighted by atomic mass is 9.97. The first-order chi connectivity index (χ1) is 13.7. The molecule has 0 aliphatic carbocycles. The maximum atomic E-state index is 12.7. The van der Waals surface area contributed by atoms with E-state index in [1.54, 1.807) is 12.1 Å². The Morgan fingerprint density at radius 3 is 2.62 bits per heavy atom. The van der Waals surface area contributed by atoms with Crippen LogP contribution >= 0.6 is 11.8 Å². The Hall–Kier alpha value is -2.75. The predicted octanol–water partition coefficient (Wildman–Crippen LogP) is 3.65. The average molecular weight is 424 g/mol. The highest BCUT2D eigenvalue weighted by molar-refractivity contribution is 8.00. The van der Waals surface area contributed by atoms with Crippen molar-refractivity contribution in [2.45, 2.75) is 23.2 Å². The third-order valence-corrected chi connectivity index (χ3v) is 5.32. The van der Waals surface area contributed by atoms with E-state index in [9.17, 15) is 22.8 Å². The van der Waals surface area contributed by atoms with Crippen LogP contribution in [-0.4, -0.2) is 35.4 Å². The molecule has 3 N–H and O–H groups in total. The highest BCUT2D eigenvalue weighted by Gasteiger charge is 2.31. The maximum Gasteiger partial charge on any atom is 0.446 e. The molecular formula is C19H19F3N4O2S. The number of hydrogen-bond donors (Lipinski definition) is 2. The molecule has 3 rings (SSSR count). The van der Waals surface area contributed by atoms with Crippen LogP contribution in [0.25, 0.3) is 0 Å². The molecule has 29 heavy (non-hydrogen) atoms. The van der Waals surface area contributed by atoms with Crippen LogP contribution < -0.4 is 16.0 Å². The molecule has 6 nitrogen and oxygen atoms in total. The number of amides is 2. The highest BCUT2D eigenvalue weighted by atomic mass is 32.2. The minimum atomic E-state index is -4.49. The molecule has 1 fully saturated rings. The first kappa shape index (κ1) is 21.0. The van der Waals surface area contributed by atoms with Crippen molar-refractivity contribution in [3.05, 3.63) is 48.2 Å². The van der Waals surface area contributed by atoms with Crippen molar-refractivity contribution in [1.82, 2.24) is 4.98 Å². The number of aromatic nitrogens is 1. The highest BCUT2D eigenvalue weighted by Crippen LogP contribution is 2.38. The van der Waals surface area contributed by atoms with Crippen molar-refractivity contribution in [3.8, 4) is 0 Å². The molecule has 1 unspecified atom stereocenters. The molecule has 0 radical (unpaired) electrons. The van der Waals surface area contributed by atoms with E-state index in [1.807, 2.05) is 4.90 Å². The summed E-state index contributed by atoms with van der Waals surface area (Å²) in [5, 5.41) is 2.57. The number of benzene rings is 1. The molecule has 2 amide bonds. The number of anilines is 2. The number of carbonyl (C=O) groups is 2. The van der Waals surface area contributed by atoms with Crippen LogP contribution in [0.2, 0.25) is 0 Å². The lowest BCUT2D eigenvalue weighted by molar-refractivity contribution is -0.122. The number of primary amides is 1. The number of nitrogens with two attached hydrogens (primary N) is 1. The minimum Gasteiger partial charge on any atom is -0.369 e. The molecule has 0 spiro atoms. The number of carbonyl (C=O) groups excluding carboxylic acids is 2. The van der Waals surface area contributed by atoms with Gasteiger partial charge in [0.2, 0.25) is 5.91 Å². The van der Waals surface area contributed by atoms with Gasteiger partial charge in [0.1, 0.15) is 5.82 Å². The number of halogens is 3. The van der Waals surface area contributed by atoms with Crippen molar-refractivity contribution >= 4 is 35.1 Å². The average Bonchev–Trinajstić information content (AvgIpc) is 2.68. The summed E-state index contributed by atoms with van der Waals surface area (Å²) in [4.78, 5) is 29.9. The molecule has 0 bridgehead atoms. The quantitative estimate of drug-likeness (QED) is 0.716. The molecular weight excluding hydrogens is 405 g/mol. The molecule has 2 heterocycles. The fraction of sp³-hybridized carbons (Fsp3) is 0.316. The van der Waals surface area contributed by atoms with Gasteiger partial charge in [-0.1, -0.05) is 12.1 Å². The zero-order chi connectivity index (χ0) is 21.0. The fourth-order valence-corrected chi connectivity index (χ4v) is 3.80. The van der Waals surface area contributed by atoms with Gasteiger partial charge in [-0.15, -0.1) is 0 Å². The number of nitrogens with one attached hydrogen (secondary N) is 1. The summed E-state index contributed by atoms with van der Waals surface area (Å²) in [5.74, 6) is -0.581. The van der Waals surface area contributed by atoms with Crippen molar-refractivity contribution < 1.29 is 22.8 Å². The lowest BCUT2D eigenvalue weighted by Gasteiger charge is -2.32. The van der Waals surface area contributed by atoms with Crippen LogP contribution in [0.15, 0.2) is 47.5 Å². The zero-order valence-corrected chi connectivity index (χ0v) is 16.1. The normalized spacial score (nSPS) is 17.1. The monoisotopic (exact) mass is 424 g/mol. The lowest BCUT2D eigenvalue weighted by Crippen LogP contribution is -2.41. The summed E-state index contributed by atoms with van der Waals surface area (Å²) in [6.07, 6.45) is 3.00. The Bertz CT molecular complexity index is 890. The van der Waals surface area contributed by atoms with Gasteiger partial charge in [-0.25, -0.2) is 4.98 Å². The van der Waals surface area contributed by atoms with E-state index in [-0.39, 0.29) is 34.0 Å². The third kappa shape index (κ3) is 5.63. The standard InChI is InChI=1S/C19H19F3N4O2S/c20-19(21,22)29-15-6-2-1-5-14(15)18(28)25-13-7-8-16(24-10-13)26-9-3-4-12(11-26)17(23)27/h1-2,5-8,10,12H,3-4,9,11H2,(H2,23,27)(H,25,28). The van der Waals surface area contributed by atoms with Crippen LogP contribution in [0.5, 0.6) is 0 Å². The molecule has 0 saturated carbocycles. The van der Waals surface area contributed by atoms with Gasteiger partial charge in [-0.05, 0) is 48.9 Å². The number of alkyl halides is 3. The smallest absolute Gasteiger partial charge is 0.369 e. The van der Waals surface area contributed by atoms with Gasteiger partial charge in [0, 0.05) is 18.0 Å². The van der Waals surface area contributed by atoms with Crippen molar-refractivity contribution in [3.63, 3.8) is 0 Å². The van der Waals surface area contributed by atoms with Gasteiger partial charge in [0.15, 0.2) is 0 Å². The van der Waals surface area contributed by atoms with Gasteiger partial charge in [0.25, 0.3) is 5.91 Å². The number of piperidine rings is 1. The summed E-state index contributed by atoms with van der Waals surface area (Å²) in [6, 6.07) is 8.84. The molecule has 154 valence electrons. The van der Waals surface area contributed by atoms with Gasteiger partial charge < -0.3 is 16.0 Å². The number of pyridine rings is 1. The van der Waals surface area contributed by atoms with Crippen molar-refractivity contribution in [1.29, 1.82) is 0 Å². The second-order valence-corrected chi connectivity index (χ2v) is 7.70. The SMILES string of the molecule is NC(=O)C1CCCN(c2ccc(NC(=O)c3ccccc3SC(F)(F)F)cn2)C1. The predicted molar refractivity (Wildman–Crippen MR) is 105 cm³/mol. The summed E-state index contributed by atoms with van der Waals surface area (Å²) in [5.41, 5.74) is 1.18. The Morgan fingerprint density at radius 1 is 1.21 bits per heavy atom. The molecule has 1 aliphatic rings. The zero-order valence-electron chi connectivity index (χ0n) is 15.3. The second-order valence-electron chi connectivity index (χ2n) is 6.59. The largest absolute Gasteiger partial charge is 0.446 e. The van der Waals surface area contributed by atoms with Crippen molar-refractivity contribution in [2.75, 3.05) is 23.3 Å². The summed E-state index contributed by atoms with van der Waals surface area (Å²) < 4.78 is 38.1. The maximum absolute atomic E-state index is 12.7. The van der Waals surface area contributed by atoms with E-state index in [1.165, 1.54) is 30.5 Å². The Morgan fingerprint density at radius 2 is 1.97 bits per heavy atom. The summed E-state index contributed by atoms with van der Waals surface area (Å²) in [7, 11) is 0. The number of hydrogen-bond acceptors (Lipinski definition) is 5. The fourth-order valence-electron chi connectivity index (χ4n) is 3.13. The Balaban J connectivity index is 1.69. The number of rotatable bonds is 5. The van der Waals surface area contributed by atoms with E-state index >= 15 is 0 Å². The molecule has 2 aromatic rings. The van der Waals surface area contributed by atoms with Gasteiger partial charge in [0.05, 0.1) is 23.4 Å². The first-order valence-corrected chi connectivity index (χ1v) is 9.71. The molecule has 1 atom stereocenters. The Labute approximate surface area is 169 Å². The van der Waals surface area contributed by atoms with E-state index in [0.29, 0.717) is 18.1 Å². The van der Waals surface area contributed by atoms with Crippen molar-refractivity contribution in [2.24, 2.45) is 11.7 Å². The third-order valence-electron chi connectivity index (χ3n) is 4.51. The topological polar surface area (TPSA) is 88.3 Å². The number of nitrogens with zero attached hydrogens (tertiary/aromatic N) is 2. The van der Waals surface area contributed by atoms with Crippen LogP contribution in [0.3, 0.4) is 0 Å². The van der Waals surface area contributed by atoms with E-state index in [2.05, 4.69) is 10.3 Å². The molecule has 10 heteroatoms. The van der Waals surface area contributed by atoms with E-state index in [4.69, 9.17) is 5.73 Å². The van der Waals surface area contributed by atoms with Gasteiger partial charge >= 0.3 is 5.51 Å². The van der Waals surface area contributed by atoms with Crippen LogP contribution in [0, 0.1) is 5.92 Å². The van der Waals surface area contributed by atoms with E-state index < -0.39 is 11.4 Å². The summed E-state index contributed by atoms with van der Waals surface area (Å²) >= 11 is -0.331. The summed E-state index contributed by atoms with van der Waals surface area (Å²) in [6.45, 7) is 1.22. The molecule has 1 aromatic heterocycles. The Kier molecular flexibility index (Phi) is 6.31. The van der Waals surface area contributed by atoms with Gasteiger partial charge in [-0.3, -0.25) is 9.59 Å². The van der Waals surface area contributed by atoms with Crippen LogP contribution in [0.1, 0.15) is 23.2 Å². The van der Waals surface area contributed by atoms with Crippen LogP contribution in [-0.2, 0) is 4.79 Å². The second kappa shape index (κ2) is 8.73. The van der Waals surface area contributed by atoms with Gasteiger partial charge in [-0.2, -0.15) is 13.2 Å². The number of thioether (sulfide) groups is 1. The first-order valence-electron chi connectivity index (χ1n) is 8.89. The molecule has 1 aliphatic heterocycles. The molecule has 1 aromatic carbocycles. The minimum absolute atomic E-state index is 0.0702. The molecule has 1 saturated heterocycles.